The standard InChI is InChI=1S/C33H26N2O10S3.2C2H6O3S.3C2H6.3CH4/c1-44-48(42,43)32-17-26-30(19-28(32)35-23-12-6-3-7-13-23)45-29-18-27(34-22-10-4-2-5-11-22)21(20-46(36,37)38)16-25(29)33(26)24-14-8-9-15-31(24)47(39,40)41;2*1-5-6(2,3)4;3*1-2;;;/h2-19,35H,20H2,1H3,(H,36,37,38)(H,39,40,41);2*1-2H3;3*1-2H3;3*1H4. The first-order chi connectivity index (χ1) is 30.9. The van der Waals surface area contributed by atoms with Crippen LogP contribution in [0.3, 0.4) is 0 Å². The van der Waals surface area contributed by atoms with Gasteiger partial charge < -0.3 is 14.3 Å². The van der Waals surface area contributed by atoms with Crippen LogP contribution in [0.5, 0.6) is 0 Å². The molecule has 23 heteroatoms. The topological polar surface area (TPSA) is 281 Å². The molecule has 1 aliphatic carbocycles. The lowest BCUT2D eigenvalue weighted by atomic mass is 9.92. The van der Waals surface area contributed by atoms with Crippen molar-refractivity contribution in [1.82, 2.24) is 0 Å². The average molecular weight is 1070 g/mol. The van der Waals surface area contributed by atoms with E-state index in [1.165, 1.54) is 42.5 Å². The van der Waals surface area contributed by atoms with Crippen LogP contribution in [0.4, 0.5) is 17.1 Å². The first-order valence-corrected chi connectivity index (χ1v) is 27.8. The molecule has 18 nitrogen and oxygen atoms in total. The van der Waals surface area contributed by atoms with Gasteiger partial charge in [0.1, 0.15) is 32.1 Å². The van der Waals surface area contributed by atoms with Gasteiger partial charge in [0, 0.05) is 51.5 Å². The van der Waals surface area contributed by atoms with Crippen molar-refractivity contribution in [3.05, 3.63) is 120 Å². The van der Waals surface area contributed by atoms with Crippen LogP contribution in [-0.2, 0) is 68.9 Å². The zero-order chi connectivity index (χ0) is 50.7. The lowest BCUT2D eigenvalue weighted by molar-refractivity contribution is -0.403. The van der Waals surface area contributed by atoms with Gasteiger partial charge in [0.25, 0.3) is 40.5 Å². The van der Waals surface area contributed by atoms with Crippen LogP contribution < -0.4 is 15.7 Å². The molecule has 4 aromatic rings. The maximum absolute atomic E-state index is 13.3. The molecule has 3 N–H and O–H groups in total. The summed E-state index contributed by atoms with van der Waals surface area (Å²) in [6.07, 6.45) is 1.99. The lowest BCUT2D eigenvalue weighted by Crippen LogP contribution is -2.71. The van der Waals surface area contributed by atoms with Crippen molar-refractivity contribution in [2.75, 3.05) is 39.2 Å². The quantitative estimate of drug-likeness (QED) is 0.0628. The third kappa shape index (κ3) is 21.6. The highest BCUT2D eigenvalue weighted by atomic mass is 32.2. The third-order valence-corrected chi connectivity index (χ3v) is 12.1. The van der Waals surface area contributed by atoms with Crippen LogP contribution in [0.2, 0.25) is 0 Å². The predicted molar refractivity (Wildman–Crippen MR) is 274 cm³/mol. The Balaban J connectivity index is -0.00000180. The first-order valence-electron chi connectivity index (χ1n) is 19.7. The van der Waals surface area contributed by atoms with Gasteiger partial charge in [-0.1, -0.05) is 118 Å². The van der Waals surface area contributed by atoms with Crippen LogP contribution in [0.25, 0.3) is 33.4 Å². The molecule has 0 saturated carbocycles. The zero-order valence-electron chi connectivity index (χ0n) is 38.2. The molecule has 0 saturated heterocycles. The summed E-state index contributed by atoms with van der Waals surface area (Å²) in [4.78, 5) is 2.18. The Hall–Kier alpha value is -5.08. The molecule has 69 heavy (non-hydrogen) atoms. The van der Waals surface area contributed by atoms with Gasteiger partial charge in [0.15, 0.2) is 0 Å². The van der Waals surface area contributed by atoms with Crippen molar-refractivity contribution in [2.45, 2.75) is 79.4 Å². The Morgan fingerprint density at radius 3 is 1.52 bits per heavy atom. The number of hydrogen-bond donors (Lipinski definition) is 3. The number of para-hydroxylation sites is 2. The minimum atomic E-state index is -5.08. The van der Waals surface area contributed by atoms with E-state index in [4.69, 9.17) is 8.60 Å². The van der Waals surface area contributed by atoms with E-state index < -0.39 is 61.2 Å². The molecule has 0 amide bonds. The highest BCUT2D eigenvalue weighted by Gasteiger charge is 2.28. The van der Waals surface area contributed by atoms with Crippen molar-refractivity contribution in [3.8, 4) is 22.5 Å². The fraction of sp³-hybridized carbons (Fsp3) is 0.326. The van der Waals surface area contributed by atoms with Gasteiger partial charge in [-0.2, -0.15) is 33.7 Å². The van der Waals surface area contributed by atoms with Gasteiger partial charge >= 0.3 is 0 Å². The summed E-state index contributed by atoms with van der Waals surface area (Å²) in [6.45, 7) is 12.0. The molecule has 0 atom stereocenters. The fourth-order valence-electron chi connectivity index (χ4n) is 5.37. The average Bonchev–Trinajstić information content (AvgIpc) is 3.27. The Kier molecular flexibility index (Phi) is 30.2. The van der Waals surface area contributed by atoms with Crippen molar-refractivity contribution in [2.24, 2.45) is 0 Å². The van der Waals surface area contributed by atoms with Crippen molar-refractivity contribution >= 4 is 78.6 Å². The summed E-state index contributed by atoms with van der Waals surface area (Å²) >= 11 is 0. The fourth-order valence-corrected chi connectivity index (χ4v) is 7.51. The van der Waals surface area contributed by atoms with E-state index in [2.05, 4.69) is 18.7 Å². The van der Waals surface area contributed by atoms with Gasteiger partial charge in [-0.15, -0.1) is 0 Å². The van der Waals surface area contributed by atoms with Gasteiger partial charge in [-0.3, -0.25) is 17.1 Å². The molecule has 1 heterocycles. The van der Waals surface area contributed by atoms with E-state index >= 15 is 0 Å². The van der Waals surface area contributed by atoms with Gasteiger partial charge in [0.2, 0.25) is 11.0 Å². The molecule has 0 spiro atoms. The summed E-state index contributed by atoms with van der Waals surface area (Å²) in [5, 5.41) is 3.36. The van der Waals surface area contributed by atoms with E-state index in [1.807, 2.05) is 41.5 Å². The van der Waals surface area contributed by atoms with E-state index in [0.717, 1.165) is 39.9 Å². The zero-order valence-corrected chi connectivity index (χ0v) is 42.3. The number of rotatable bonds is 11. The number of nitrogens with one attached hydrogen (secondary N) is 2. The van der Waals surface area contributed by atoms with Crippen molar-refractivity contribution < 1.29 is 73.2 Å². The summed E-state index contributed by atoms with van der Waals surface area (Å²) in [6, 6.07) is 28.3. The Morgan fingerprint density at radius 1 is 0.609 bits per heavy atom. The SMILES string of the molecule is C.C.C.CC.CC.CC.COS(=O)(=O)c1cc2c(-c3ccccc3S(=O)(=O)[O-])c3cc(CS(=O)(=O)O)c(=[NH+]c4ccccc4)cc-3oc2cc1Nc1ccccc1.COS(C)(=O)=O.COS(C)(=O)=O. The van der Waals surface area contributed by atoms with E-state index in [-0.39, 0.29) is 77.2 Å². The second-order valence-corrected chi connectivity index (χ2v) is 20.3. The van der Waals surface area contributed by atoms with Gasteiger partial charge in [0.05, 0.1) is 50.5 Å². The Labute approximate surface area is 410 Å². The van der Waals surface area contributed by atoms with Crippen LogP contribution in [0.15, 0.2) is 123 Å². The molecule has 2 aliphatic rings. The highest BCUT2D eigenvalue weighted by molar-refractivity contribution is 7.87. The second kappa shape index (κ2) is 30.5. The molecule has 388 valence electrons. The highest BCUT2D eigenvalue weighted by Crippen LogP contribution is 2.45. The molecule has 0 bridgehead atoms. The number of hydrogen-bond acceptors (Lipinski definition) is 16. The maximum Gasteiger partial charge on any atom is 0.298 e. The second-order valence-electron chi connectivity index (χ2n) is 12.3. The predicted octanol–water partition coefficient (Wildman–Crippen LogP) is 8.06. The van der Waals surface area contributed by atoms with Gasteiger partial charge in [-0.05, 0) is 30.3 Å². The minimum absolute atomic E-state index is 0. The smallest absolute Gasteiger partial charge is 0.298 e. The third-order valence-electron chi connectivity index (χ3n) is 8.01. The van der Waals surface area contributed by atoms with Crippen molar-refractivity contribution in [1.29, 1.82) is 0 Å². The van der Waals surface area contributed by atoms with E-state index in [9.17, 15) is 51.2 Å². The molecule has 0 aromatic heterocycles. The largest absolute Gasteiger partial charge is 0.744 e. The summed E-state index contributed by atoms with van der Waals surface area (Å²) in [5.41, 5.74) is 1.43. The molecule has 6 rings (SSSR count). The lowest BCUT2D eigenvalue weighted by Gasteiger charge is -2.21. The number of fused-ring (bicyclic) bond motifs is 2. The monoisotopic (exact) mass is 1060 g/mol. The minimum Gasteiger partial charge on any atom is -0.744 e. The Morgan fingerprint density at radius 2 is 1.07 bits per heavy atom. The first kappa shape index (κ1) is 68.2. The van der Waals surface area contributed by atoms with Crippen LogP contribution in [0.1, 0.15) is 69.4 Å². The molecule has 0 radical (unpaired) electrons. The number of anilines is 2. The molecule has 1 aliphatic heterocycles. The van der Waals surface area contributed by atoms with Crippen LogP contribution in [0, 0.1) is 0 Å². The van der Waals surface area contributed by atoms with Gasteiger partial charge in [-0.25, -0.2) is 13.4 Å². The normalized spacial score (nSPS) is 11.2. The van der Waals surface area contributed by atoms with E-state index in [0.29, 0.717) is 11.4 Å². The number of benzene rings is 5. The van der Waals surface area contributed by atoms with Crippen molar-refractivity contribution in [3.63, 3.8) is 0 Å². The molecule has 0 fully saturated rings. The summed E-state index contributed by atoms with van der Waals surface area (Å²) < 4.78 is 156. The van der Waals surface area contributed by atoms with Crippen LogP contribution in [-0.4, -0.2) is 85.0 Å². The van der Waals surface area contributed by atoms with Crippen LogP contribution >= 0.6 is 0 Å². The molecule has 0 unspecified atom stereocenters. The molecule has 4 aromatic carbocycles. The van der Waals surface area contributed by atoms with E-state index in [1.54, 1.807) is 60.7 Å². The summed E-state index contributed by atoms with van der Waals surface area (Å²) in [7, 11) is -17.2. The maximum atomic E-state index is 13.3. The Bertz CT molecular complexity index is 3080. The molecular formula is C46H68N2O16S5. The summed E-state index contributed by atoms with van der Waals surface area (Å²) in [5.74, 6) is -0.735. The molecular weight excluding hydrogens is 997 g/mol.